The standard InChI is InChI=1S/C15H22N6O2S/c1-10(2)15-16-14(9-19(15)3)24(22,23)20-6-12(7-20)21-8-13(17-18-21)11-4-5-11/h8-12H,4-7H2,1-3H3. The molecule has 3 heterocycles. The molecule has 0 atom stereocenters. The van der Waals surface area contributed by atoms with E-state index in [9.17, 15) is 8.42 Å². The maximum absolute atomic E-state index is 12.7. The fraction of sp³-hybridized carbons (Fsp3) is 0.667. The number of aryl methyl sites for hydroxylation is 1. The van der Waals surface area contributed by atoms with E-state index in [2.05, 4.69) is 15.3 Å². The average Bonchev–Trinajstić information content (AvgIpc) is 3.05. The first-order valence-electron chi connectivity index (χ1n) is 8.31. The van der Waals surface area contributed by atoms with Gasteiger partial charge in [-0.15, -0.1) is 5.10 Å². The van der Waals surface area contributed by atoms with Crippen LogP contribution in [0.2, 0.25) is 0 Å². The molecule has 1 saturated carbocycles. The van der Waals surface area contributed by atoms with Crippen molar-refractivity contribution in [3.8, 4) is 0 Å². The van der Waals surface area contributed by atoms with E-state index in [1.807, 2.05) is 27.1 Å². The minimum atomic E-state index is -3.54. The van der Waals surface area contributed by atoms with E-state index < -0.39 is 10.0 Å². The van der Waals surface area contributed by atoms with Crippen LogP contribution in [0.3, 0.4) is 0 Å². The number of hydrogen-bond donors (Lipinski definition) is 0. The molecule has 0 aromatic carbocycles. The first kappa shape index (κ1) is 15.8. The molecule has 0 spiro atoms. The smallest absolute Gasteiger partial charge is 0.262 e. The van der Waals surface area contributed by atoms with E-state index in [1.165, 1.54) is 17.1 Å². The van der Waals surface area contributed by atoms with Crippen molar-refractivity contribution < 1.29 is 8.42 Å². The summed E-state index contributed by atoms with van der Waals surface area (Å²) in [5, 5.41) is 8.47. The Kier molecular flexibility index (Phi) is 3.54. The van der Waals surface area contributed by atoms with Crippen LogP contribution in [-0.2, 0) is 17.1 Å². The van der Waals surface area contributed by atoms with E-state index >= 15 is 0 Å². The zero-order valence-electron chi connectivity index (χ0n) is 14.1. The Balaban J connectivity index is 1.47. The molecule has 0 unspecified atom stereocenters. The van der Waals surface area contributed by atoms with Gasteiger partial charge in [0, 0.05) is 44.4 Å². The Morgan fingerprint density at radius 3 is 2.50 bits per heavy atom. The molecule has 0 N–H and O–H groups in total. The van der Waals surface area contributed by atoms with Gasteiger partial charge in [-0.2, -0.15) is 4.31 Å². The molecule has 2 fully saturated rings. The van der Waals surface area contributed by atoms with Gasteiger partial charge in [-0.1, -0.05) is 19.1 Å². The second kappa shape index (κ2) is 5.38. The normalized spacial score (nSPS) is 19.8. The number of sulfonamides is 1. The lowest BCUT2D eigenvalue weighted by atomic mass is 10.2. The maximum atomic E-state index is 12.7. The van der Waals surface area contributed by atoms with Gasteiger partial charge in [0.2, 0.25) is 0 Å². The molecule has 130 valence electrons. The topological polar surface area (TPSA) is 85.9 Å². The van der Waals surface area contributed by atoms with Crippen molar-refractivity contribution in [1.82, 2.24) is 28.9 Å². The van der Waals surface area contributed by atoms with Crippen molar-refractivity contribution in [2.24, 2.45) is 7.05 Å². The largest absolute Gasteiger partial charge is 0.336 e. The van der Waals surface area contributed by atoms with E-state index in [4.69, 9.17) is 0 Å². The lowest BCUT2D eigenvalue weighted by Crippen LogP contribution is -2.50. The van der Waals surface area contributed by atoms with Crippen LogP contribution < -0.4 is 0 Å². The highest BCUT2D eigenvalue weighted by molar-refractivity contribution is 7.89. The van der Waals surface area contributed by atoms with E-state index in [0.717, 1.165) is 11.5 Å². The molecule has 0 radical (unpaired) electrons. The molecule has 0 amide bonds. The molecule has 8 nitrogen and oxygen atoms in total. The summed E-state index contributed by atoms with van der Waals surface area (Å²) in [7, 11) is -1.71. The Labute approximate surface area is 141 Å². The van der Waals surface area contributed by atoms with Gasteiger partial charge < -0.3 is 4.57 Å². The predicted molar refractivity (Wildman–Crippen MR) is 87.1 cm³/mol. The summed E-state index contributed by atoms with van der Waals surface area (Å²) in [6.07, 6.45) is 5.92. The second-order valence-corrected chi connectivity index (χ2v) is 8.96. The molecule has 2 aromatic heterocycles. The Morgan fingerprint density at radius 2 is 1.92 bits per heavy atom. The van der Waals surface area contributed by atoms with Crippen LogP contribution in [-0.4, -0.2) is 50.4 Å². The van der Waals surface area contributed by atoms with Crippen molar-refractivity contribution >= 4 is 10.0 Å². The molecule has 9 heteroatoms. The van der Waals surface area contributed by atoms with Gasteiger partial charge in [0.25, 0.3) is 10.0 Å². The lowest BCUT2D eigenvalue weighted by molar-refractivity contribution is 0.188. The van der Waals surface area contributed by atoms with Gasteiger partial charge in [-0.25, -0.2) is 18.1 Å². The van der Waals surface area contributed by atoms with Crippen LogP contribution in [0.5, 0.6) is 0 Å². The maximum Gasteiger partial charge on any atom is 0.262 e. The second-order valence-electron chi connectivity index (χ2n) is 7.08. The van der Waals surface area contributed by atoms with Gasteiger partial charge in [-0.05, 0) is 12.8 Å². The monoisotopic (exact) mass is 350 g/mol. The third kappa shape index (κ3) is 2.55. The number of imidazole rings is 1. The molecular formula is C15H22N6O2S. The van der Waals surface area contributed by atoms with E-state index in [0.29, 0.717) is 19.0 Å². The summed E-state index contributed by atoms with van der Waals surface area (Å²) in [6, 6.07) is 0.0630. The number of rotatable bonds is 5. The van der Waals surface area contributed by atoms with Gasteiger partial charge in [0.1, 0.15) is 5.82 Å². The Bertz CT molecular complexity index is 858. The van der Waals surface area contributed by atoms with Crippen molar-refractivity contribution in [2.75, 3.05) is 13.1 Å². The highest BCUT2D eigenvalue weighted by Crippen LogP contribution is 2.39. The fourth-order valence-corrected chi connectivity index (χ4v) is 4.56. The van der Waals surface area contributed by atoms with Crippen molar-refractivity contribution in [2.45, 2.75) is 49.6 Å². The molecule has 1 saturated heterocycles. The molecule has 1 aliphatic carbocycles. The third-order valence-corrected chi connectivity index (χ3v) is 6.44. The number of nitrogens with zero attached hydrogens (tertiary/aromatic N) is 6. The third-order valence-electron chi connectivity index (χ3n) is 4.74. The minimum absolute atomic E-state index is 0.0630. The quantitative estimate of drug-likeness (QED) is 0.810. The van der Waals surface area contributed by atoms with Crippen LogP contribution in [0.25, 0.3) is 0 Å². The summed E-state index contributed by atoms with van der Waals surface area (Å²) in [5.41, 5.74) is 1.03. The van der Waals surface area contributed by atoms with Gasteiger partial charge in [0.15, 0.2) is 5.03 Å². The Hall–Kier alpha value is -1.74. The zero-order valence-corrected chi connectivity index (χ0v) is 14.9. The van der Waals surface area contributed by atoms with Crippen LogP contribution in [0.1, 0.15) is 56.1 Å². The van der Waals surface area contributed by atoms with Gasteiger partial charge in [0.05, 0.1) is 11.7 Å². The molecule has 2 aliphatic rings. The SMILES string of the molecule is CC(C)c1nc(S(=O)(=O)N2CC(n3cc(C4CC4)nn3)C2)cn1C. The van der Waals surface area contributed by atoms with Crippen molar-refractivity contribution in [1.29, 1.82) is 0 Å². The van der Waals surface area contributed by atoms with Gasteiger partial charge in [-0.3, -0.25) is 0 Å². The first-order chi connectivity index (χ1) is 11.4. The highest BCUT2D eigenvalue weighted by Gasteiger charge is 2.40. The summed E-state index contributed by atoms with van der Waals surface area (Å²) in [6.45, 7) is 4.84. The molecule has 2 aromatic rings. The van der Waals surface area contributed by atoms with E-state index in [-0.39, 0.29) is 17.0 Å². The predicted octanol–water partition coefficient (Wildman–Crippen LogP) is 1.26. The molecule has 24 heavy (non-hydrogen) atoms. The summed E-state index contributed by atoms with van der Waals surface area (Å²) >= 11 is 0. The van der Waals surface area contributed by atoms with Crippen molar-refractivity contribution in [3.63, 3.8) is 0 Å². The lowest BCUT2D eigenvalue weighted by Gasteiger charge is -2.37. The van der Waals surface area contributed by atoms with E-state index in [1.54, 1.807) is 15.4 Å². The summed E-state index contributed by atoms with van der Waals surface area (Å²) in [5.74, 6) is 1.51. The van der Waals surface area contributed by atoms with Gasteiger partial charge >= 0.3 is 0 Å². The minimum Gasteiger partial charge on any atom is -0.336 e. The van der Waals surface area contributed by atoms with Crippen LogP contribution in [0.15, 0.2) is 17.4 Å². The zero-order chi connectivity index (χ0) is 17.1. The molecule has 4 rings (SSSR count). The Morgan fingerprint density at radius 1 is 1.21 bits per heavy atom. The molecule has 0 bridgehead atoms. The van der Waals surface area contributed by atoms with Crippen LogP contribution in [0, 0.1) is 0 Å². The number of hydrogen-bond acceptors (Lipinski definition) is 5. The first-order valence-corrected chi connectivity index (χ1v) is 9.75. The summed E-state index contributed by atoms with van der Waals surface area (Å²) in [4.78, 5) is 4.32. The molecular weight excluding hydrogens is 328 g/mol. The van der Waals surface area contributed by atoms with Crippen LogP contribution >= 0.6 is 0 Å². The fourth-order valence-electron chi connectivity index (χ4n) is 3.06. The summed E-state index contributed by atoms with van der Waals surface area (Å²) < 4.78 is 30.5. The van der Waals surface area contributed by atoms with Crippen molar-refractivity contribution in [3.05, 3.63) is 23.9 Å². The average molecular weight is 350 g/mol. The van der Waals surface area contributed by atoms with Crippen LogP contribution in [0.4, 0.5) is 0 Å². The highest BCUT2D eigenvalue weighted by atomic mass is 32.2. The number of aromatic nitrogens is 5. The molecule has 1 aliphatic heterocycles.